The fourth-order valence-corrected chi connectivity index (χ4v) is 5.76. The smallest absolute Gasteiger partial charge is 1.00 e. The van der Waals surface area contributed by atoms with Gasteiger partial charge in [-0.1, -0.05) is 0 Å². The summed E-state index contributed by atoms with van der Waals surface area (Å²) in [5, 5.41) is 0. The van der Waals surface area contributed by atoms with Crippen molar-refractivity contribution in [1.82, 2.24) is 0 Å². The van der Waals surface area contributed by atoms with Crippen molar-refractivity contribution >= 4 is 11.8 Å². The predicted octanol–water partition coefficient (Wildman–Crippen LogP) is -0.430. The van der Waals surface area contributed by atoms with E-state index in [2.05, 4.69) is 90.3 Å². The van der Waals surface area contributed by atoms with E-state index in [9.17, 15) is 0 Å². The number of allylic oxidation sites excluding steroid dienone is 7. The molecule has 0 bridgehead atoms. The molecule has 2 aliphatic carbocycles. The summed E-state index contributed by atoms with van der Waals surface area (Å²) < 4.78 is 1.76. The summed E-state index contributed by atoms with van der Waals surface area (Å²) in [7, 11) is 0. The van der Waals surface area contributed by atoms with E-state index in [1.165, 1.54) is 17.7 Å². The van der Waals surface area contributed by atoms with Crippen LogP contribution in [-0.4, -0.2) is 10.5 Å². The summed E-state index contributed by atoms with van der Waals surface area (Å²) in [6.07, 6.45) is 15.1. The molecule has 0 nitrogen and oxygen atoms in total. The van der Waals surface area contributed by atoms with Crippen molar-refractivity contribution in [1.29, 1.82) is 0 Å². The van der Waals surface area contributed by atoms with Crippen LogP contribution in [-0.2, 0) is 20.4 Å². The second-order valence-electron chi connectivity index (χ2n) is 6.28. The molecule has 1 unspecified atom stereocenters. The Hall–Kier alpha value is 0.604. The zero-order valence-corrected chi connectivity index (χ0v) is 17.8. The molecule has 2 rings (SSSR count). The summed E-state index contributed by atoms with van der Waals surface area (Å²) in [6.45, 7) is 9.50. The third-order valence-electron chi connectivity index (χ3n) is 4.69. The van der Waals surface area contributed by atoms with Gasteiger partial charge in [0.1, 0.15) is 0 Å². The predicted molar refractivity (Wildman–Crippen MR) is 87.6 cm³/mol. The molecule has 0 aromatic rings. The van der Waals surface area contributed by atoms with Gasteiger partial charge in [0.15, 0.2) is 0 Å². The number of thioether (sulfide) groups is 1. The molecule has 0 aliphatic heterocycles. The van der Waals surface area contributed by atoms with Gasteiger partial charge < -0.3 is 24.8 Å². The Labute approximate surface area is 164 Å². The van der Waals surface area contributed by atoms with E-state index in [1.807, 2.05) is 0 Å². The molecule has 0 saturated heterocycles. The Kier molecular flexibility index (Phi) is 9.43. The molecule has 0 heterocycles. The van der Waals surface area contributed by atoms with Crippen LogP contribution in [0.25, 0.3) is 0 Å². The van der Waals surface area contributed by atoms with Gasteiger partial charge in [0, 0.05) is 0 Å². The van der Waals surface area contributed by atoms with Crippen LogP contribution in [0.2, 0.25) is 0 Å². The van der Waals surface area contributed by atoms with Crippen molar-refractivity contribution in [2.24, 2.45) is 5.41 Å². The Morgan fingerprint density at radius 3 is 2.45 bits per heavy atom. The van der Waals surface area contributed by atoms with Gasteiger partial charge in [0.25, 0.3) is 0 Å². The van der Waals surface area contributed by atoms with Gasteiger partial charge in [-0.25, -0.2) is 0 Å². The largest absolute Gasteiger partial charge is 1.00 e. The maximum atomic E-state index is 2.45. The molecular formula is C18H25Cl2STi. The topological polar surface area (TPSA) is 0 Å². The molecule has 0 amide bonds. The standard InChI is InChI=1S/C18H25S.2ClH.Ti/c1-5-14-19-18(13-9-8-10-15(18)2)17(3,4)16-11-6-7-12-16;;;/h6,8-11H,5,7,13-14H2,1-4H3;2*1H;/q;;;+2/p-2. The van der Waals surface area contributed by atoms with Gasteiger partial charge in [-0.15, -0.1) is 0 Å². The molecule has 121 valence electrons. The van der Waals surface area contributed by atoms with Gasteiger partial charge >= 0.3 is 140 Å². The second-order valence-corrected chi connectivity index (χ2v) is 8.62. The molecule has 0 aromatic heterocycles. The average Bonchev–Trinajstić information content (AvgIpc) is 2.85. The molecule has 22 heavy (non-hydrogen) atoms. The van der Waals surface area contributed by atoms with Gasteiger partial charge in [0.05, 0.1) is 0 Å². The van der Waals surface area contributed by atoms with Crippen LogP contribution in [0, 0.1) is 5.41 Å². The Morgan fingerprint density at radius 1 is 1.27 bits per heavy atom. The summed E-state index contributed by atoms with van der Waals surface area (Å²) in [6, 6.07) is 0. The number of hydrogen-bond acceptors (Lipinski definition) is 1. The van der Waals surface area contributed by atoms with Crippen molar-refractivity contribution in [2.75, 3.05) is 5.75 Å². The van der Waals surface area contributed by atoms with Crippen molar-refractivity contribution in [3.05, 3.63) is 45.4 Å². The van der Waals surface area contributed by atoms with Crippen LogP contribution < -0.4 is 24.8 Å². The van der Waals surface area contributed by atoms with Gasteiger partial charge in [-0.05, 0) is 0 Å². The molecule has 0 saturated carbocycles. The summed E-state index contributed by atoms with van der Waals surface area (Å²) in [4.78, 5) is 0. The maximum absolute atomic E-state index is 2.45. The zero-order valence-electron chi connectivity index (χ0n) is 13.9. The first-order valence-electron chi connectivity index (χ1n) is 7.55. The first kappa shape index (κ1) is 22.6. The fraction of sp³-hybridized carbons (Fsp3) is 0.556. The summed E-state index contributed by atoms with van der Waals surface area (Å²) in [5.41, 5.74) is 3.27. The molecular weight excluding hydrogens is 367 g/mol. The van der Waals surface area contributed by atoms with Gasteiger partial charge in [0.2, 0.25) is 0 Å². The first-order chi connectivity index (χ1) is 9.45. The van der Waals surface area contributed by atoms with E-state index >= 15 is 0 Å². The van der Waals surface area contributed by atoms with E-state index in [1.54, 1.807) is 9.45 Å². The molecule has 0 fully saturated rings. The van der Waals surface area contributed by atoms with E-state index in [4.69, 9.17) is 0 Å². The van der Waals surface area contributed by atoms with Gasteiger partial charge in [-0.3, -0.25) is 0 Å². The Morgan fingerprint density at radius 2 is 1.95 bits per heavy atom. The van der Waals surface area contributed by atoms with Crippen molar-refractivity contribution in [3.63, 3.8) is 0 Å². The third-order valence-corrected chi connectivity index (χ3v) is 7.54. The maximum Gasteiger partial charge on any atom is -1.00 e. The van der Waals surface area contributed by atoms with Gasteiger partial charge in [-0.2, -0.15) is 0 Å². The van der Waals surface area contributed by atoms with Crippen LogP contribution in [0.3, 0.4) is 0 Å². The quantitative estimate of drug-likeness (QED) is 0.573. The normalized spacial score (nSPS) is 24.0. The minimum absolute atomic E-state index is 0. The number of rotatable bonds is 5. The minimum atomic E-state index is 0. The molecule has 0 N–H and O–H groups in total. The summed E-state index contributed by atoms with van der Waals surface area (Å²) in [5.74, 6) is 1.23. The summed E-state index contributed by atoms with van der Waals surface area (Å²) >= 11 is 4.46. The fourth-order valence-electron chi connectivity index (χ4n) is 3.43. The monoisotopic (exact) mass is 391 g/mol. The van der Waals surface area contributed by atoms with Crippen molar-refractivity contribution in [3.8, 4) is 0 Å². The van der Waals surface area contributed by atoms with Crippen LogP contribution in [0.1, 0.15) is 47.0 Å². The van der Waals surface area contributed by atoms with E-state index in [0.29, 0.717) is 0 Å². The molecule has 1 atom stereocenters. The van der Waals surface area contributed by atoms with Crippen LogP contribution in [0.5, 0.6) is 0 Å². The Balaban J connectivity index is 0.00000220. The van der Waals surface area contributed by atoms with Crippen LogP contribution in [0.4, 0.5) is 0 Å². The van der Waals surface area contributed by atoms with E-state index in [-0.39, 0.29) is 35.0 Å². The Bertz CT molecular complexity index is 503. The van der Waals surface area contributed by atoms with E-state index in [0.717, 1.165) is 12.8 Å². The molecule has 4 heteroatoms. The van der Waals surface area contributed by atoms with Crippen molar-refractivity contribution < 1.29 is 45.2 Å². The van der Waals surface area contributed by atoms with E-state index < -0.39 is 0 Å². The third kappa shape index (κ3) is 3.98. The minimum Gasteiger partial charge on any atom is -1.00 e. The molecule has 0 aromatic carbocycles. The van der Waals surface area contributed by atoms with Crippen molar-refractivity contribution in [2.45, 2.75) is 51.7 Å². The molecule has 2 aliphatic rings. The van der Waals surface area contributed by atoms with Crippen LogP contribution >= 0.6 is 11.8 Å². The van der Waals surface area contributed by atoms with Crippen LogP contribution in [0.15, 0.2) is 45.4 Å². The second kappa shape index (κ2) is 9.18. The number of halogens is 2. The molecule has 0 radical (unpaired) electrons. The average molecular weight is 392 g/mol. The zero-order chi connectivity index (χ0) is 14.8. The SMILES string of the molecule is CCCSC1(C(C)(C)C2=[C]([Ti+2])CC=C2)CC=CC=C1C.[Cl-].[Cl-]. The first-order valence-corrected chi connectivity index (χ1v) is 9.32. The number of hydrogen-bond donors (Lipinski definition) is 0. The molecule has 0 spiro atoms.